The molecule has 0 atom stereocenters. The summed E-state index contributed by atoms with van der Waals surface area (Å²) in [6, 6.07) is 12.5. The van der Waals surface area contributed by atoms with Gasteiger partial charge in [-0.3, -0.25) is 19.8 Å². The number of para-hydroxylation sites is 1. The number of carbonyl (C=O) groups excluding carboxylic acids is 1. The summed E-state index contributed by atoms with van der Waals surface area (Å²) in [6.45, 7) is 9.25. The van der Waals surface area contributed by atoms with Crippen LogP contribution in [-0.4, -0.2) is 73.2 Å². The number of aromatic nitrogens is 1. The summed E-state index contributed by atoms with van der Waals surface area (Å²) in [5.41, 5.74) is 1.56. The molecule has 34 heavy (non-hydrogen) atoms. The summed E-state index contributed by atoms with van der Waals surface area (Å²) in [4.78, 5) is 35.7. The first-order valence-electron chi connectivity index (χ1n) is 11.5. The van der Waals surface area contributed by atoms with E-state index in [-0.39, 0.29) is 17.2 Å². The Labute approximate surface area is 202 Å². The maximum atomic E-state index is 13.7. The van der Waals surface area contributed by atoms with Crippen molar-refractivity contribution in [2.45, 2.75) is 13.8 Å². The highest BCUT2D eigenvalue weighted by Gasteiger charge is 2.27. The largest absolute Gasteiger partial charge is 0.378 e. The molecule has 0 spiro atoms. The molecule has 9 nitrogen and oxygen atoms in total. The van der Waals surface area contributed by atoms with E-state index in [0.717, 1.165) is 23.3 Å². The van der Waals surface area contributed by atoms with E-state index in [1.165, 1.54) is 17.4 Å². The van der Waals surface area contributed by atoms with Gasteiger partial charge in [-0.15, -0.1) is 0 Å². The number of hydrogen-bond acceptors (Lipinski definition) is 8. The zero-order valence-corrected chi connectivity index (χ0v) is 20.3. The van der Waals surface area contributed by atoms with Gasteiger partial charge in [0.1, 0.15) is 5.69 Å². The molecule has 2 heterocycles. The minimum absolute atomic E-state index is 0.0688. The Morgan fingerprint density at radius 1 is 1.15 bits per heavy atom. The fourth-order valence-corrected chi connectivity index (χ4v) is 5.06. The normalized spacial score (nSPS) is 14.0. The van der Waals surface area contributed by atoms with Gasteiger partial charge in [0.05, 0.1) is 28.4 Å². The summed E-state index contributed by atoms with van der Waals surface area (Å²) in [6.07, 6.45) is 0. The lowest BCUT2D eigenvalue weighted by molar-refractivity contribution is -0.384. The number of ether oxygens (including phenoxy) is 1. The van der Waals surface area contributed by atoms with Gasteiger partial charge < -0.3 is 14.5 Å². The lowest BCUT2D eigenvalue weighted by Crippen LogP contribution is -2.39. The van der Waals surface area contributed by atoms with Crippen LogP contribution in [0.15, 0.2) is 42.5 Å². The monoisotopic (exact) mass is 483 g/mol. The number of benzene rings is 2. The van der Waals surface area contributed by atoms with E-state index in [9.17, 15) is 14.9 Å². The highest BCUT2D eigenvalue weighted by atomic mass is 32.1. The Kier molecular flexibility index (Phi) is 7.71. The molecule has 0 aliphatic carbocycles. The molecule has 2 aromatic carbocycles. The second-order valence-electron chi connectivity index (χ2n) is 8.01. The lowest BCUT2D eigenvalue weighted by Gasteiger charge is -2.29. The Balaban J connectivity index is 1.68. The van der Waals surface area contributed by atoms with Gasteiger partial charge in [-0.2, -0.15) is 0 Å². The second-order valence-corrected chi connectivity index (χ2v) is 9.02. The van der Waals surface area contributed by atoms with Gasteiger partial charge in [-0.25, -0.2) is 4.98 Å². The number of fused-ring (bicyclic) bond motifs is 1. The molecule has 3 aromatic rings. The smallest absolute Gasteiger partial charge is 0.293 e. The topological polar surface area (TPSA) is 92.0 Å². The Morgan fingerprint density at radius 2 is 1.88 bits per heavy atom. The van der Waals surface area contributed by atoms with E-state index in [4.69, 9.17) is 4.74 Å². The van der Waals surface area contributed by atoms with Gasteiger partial charge >= 0.3 is 0 Å². The third kappa shape index (κ3) is 5.19. The summed E-state index contributed by atoms with van der Waals surface area (Å²) < 4.78 is 6.36. The molecule has 0 unspecified atom stereocenters. The number of rotatable bonds is 9. The SMILES string of the molecule is CCN(CC)CCN(C(=O)c1ccc(N2CCOCC2)c([N+](=O)[O-])c1)c1nc2ccccc2s1. The summed E-state index contributed by atoms with van der Waals surface area (Å²) in [5.74, 6) is -0.289. The van der Waals surface area contributed by atoms with Gasteiger partial charge in [0.2, 0.25) is 0 Å². The van der Waals surface area contributed by atoms with Crippen LogP contribution in [0, 0.1) is 10.1 Å². The predicted octanol–water partition coefficient (Wildman–Crippen LogP) is 4.03. The van der Waals surface area contributed by atoms with Crippen LogP contribution in [0.5, 0.6) is 0 Å². The molecule has 180 valence electrons. The van der Waals surface area contributed by atoms with Crippen molar-refractivity contribution in [2.24, 2.45) is 0 Å². The molecule has 1 aromatic heterocycles. The summed E-state index contributed by atoms with van der Waals surface area (Å²) in [7, 11) is 0. The molecule has 0 saturated carbocycles. The Morgan fingerprint density at radius 3 is 2.56 bits per heavy atom. The van der Waals surface area contributed by atoms with Crippen molar-refractivity contribution >= 4 is 44.0 Å². The fourth-order valence-electron chi connectivity index (χ4n) is 4.07. The Bertz CT molecular complexity index is 1120. The molecule has 0 N–H and O–H groups in total. The summed E-state index contributed by atoms with van der Waals surface area (Å²) >= 11 is 1.45. The number of carbonyl (C=O) groups is 1. The average molecular weight is 484 g/mol. The maximum absolute atomic E-state index is 13.7. The van der Waals surface area contributed by atoms with Crippen molar-refractivity contribution in [1.82, 2.24) is 9.88 Å². The van der Waals surface area contributed by atoms with E-state index in [1.807, 2.05) is 29.2 Å². The number of thiazole rings is 1. The van der Waals surface area contributed by atoms with Crippen LogP contribution >= 0.6 is 11.3 Å². The highest BCUT2D eigenvalue weighted by molar-refractivity contribution is 7.22. The first-order chi connectivity index (χ1) is 16.5. The van der Waals surface area contributed by atoms with Crippen LogP contribution in [0.1, 0.15) is 24.2 Å². The lowest BCUT2D eigenvalue weighted by atomic mass is 10.1. The molecule has 0 radical (unpaired) electrons. The van der Waals surface area contributed by atoms with Gasteiger partial charge in [-0.1, -0.05) is 37.3 Å². The average Bonchev–Trinajstić information content (AvgIpc) is 3.30. The van der Waals surface area contributed by atoms with Crippen molar-refractivity contribution in [3.63, 3.8) is 0 Å². The zero-order chi connectivity index (χ0) is 24.1. The number of hydrogen-bond donors (Lipinski definition) is 0. The van der Waals surface area contributed by atoms with Crippen LogP contribution in [0.25, 0.3) is 10.2 Å². The maximum Gasteiger partial charge on any atom is 0.293 e. The number of likely N-dealkylation sites (N-methyl/N-ethyl adjacent to an activating group) is 1. The van der Waals surface area contributed by atoms with Crippen LogP contribution in [0.2, 0.25) is 0 Å². The van der Waals surface area contributed by atoms with Crippen molar-refractivity contribution < 1.29 is 14.5 Å². The van der Waals surface area contributed by atoms with Gasteiger partial charge in [0.15, 0.2) is 5.13 Å². The Hall–Kier alpha value is -3.08. The van der Waals surface area contributed by atoms with Crippen molar-refractivity contribution in [3.05, 3.63) is 58.1 Å². The summed E-state index contributed by atoms with van der Waals surface area (Å²) in [5, 5.41) is 12.5. The first kappa shape index (κ1) is 24.1. The van der Waals surface area contributed by atoms with Crippen LogP contribution in [0.4, 0.5) is 16.5 Å². The van der Waals surface area contributed by atoms with Gasteiger partial charge in [0.25, 0.3) is 11.6 Å². The van der Waals surface area contributed by atoms with Crippen LogP contribution in [0.3, 0.4) is 0 Å². The van der Waals surface area contributed by atoms with Gasteiger partial charge in [-0.05, 0) is 37.4 Å². The molecule has 1 fully saturated rings. The predicted molar refractivity (Wildman–Crippen MR) is 135 cm³/mol. The van der Waals surface area contributed by atoms with E-state index in [2.05, 4.69) is 23.7 Å². The molecule has 1 amide bonds. The molecule has 1 aliphatic heterocycles. The fraction of sp³-hybridized carbons (Fsp3) is 0.417. The van der Waals surface area contributed by atoms with E-state index < -0.39 is 4.92 Å². The quantitative estimate of drug-likeness (QED) is 0.335. The minimum Gasteiger partial charge on any atom is -0.378 e. The van der Waals surface area contributed by atoms with E-state index in [1.54, 1.807) is 17.0 Å². The third-order valence-electron chi connectivity index (χ3n) is 6.06. The number of nitro groups is 1. The number of morpholine rings is 1. The number of amides is 1. The first-order valence-corrected chi connectivity index (χ1v) is 12.3. The second kappa shape index (κ2) is 10.9. The van der Waals surface area contributed by atoms with Crippen LogP contribution < -0.4 is 9.80 Å². The molecule has 0 bridgehead atoms. The number of anilines is 2. The third-order valence-corrected chi connectivity index (χ3v) is 7.12. The molecular weight excluding hydrogens is 454 g/mol. The van der Waals surface area contributed by atoms with E-state index in [0.29, 0.717) is 50.2 Å². The standard InChI is InChI=1S/C24H29N5O4S/c1-3-26(4-2)11-12-28(24-25-19-7-5-6-8-22(19)34-24)23(30)18-9-10-20(21(17-18)29(31)32)27-13-15-33-16-14-27/h5-10,17H,3-4,11-16H2,1-2H3. The van der Waals surface area contributed by atoms with Crippen LogP contribution in [-0.2, 0) is 4.74 Å². The minimum atomic E-state index is -0.417. The number of nitrogens with zero attached hydrogens (tertiary/aromatic N) is 5. The molecule has 1 aliphatic rings. The van der Waals surface area contributed by atoms with E-state index >= 15 is 0 Å². The molecule has 10 heteroatoms. The zero-order valence-electron chi connectivity index (χ0n) is 19.5. The van der Waals surface area contributed by atoms with Crippen molar-refractivity contribution in [3.8, 4) is 0 Å². The van der Waals surface area contributed by atoms with Crippen molar-refractivity contribution in [2.75, 3.05) is 62.3 Å². The molecule has 4 rings (SSSR count). The van der Waals surface area contributed by atoms with Crippen molar-refractivity contribution in [1.29, 1.82) is 0 Å². The molecule has 1 saturated heterocycles. The highest BCUT2D eigenvalue weighted by Crippen LogP contribution is 2.33. The molecular formula is C24H29N5O4S. The van der Waals surface area contributed by atoms with Gasteiger partial charge in [0, 0.05) is 37.8 Å². The number of nitro benzene ring substituents is 1.